The van der Waals surface area contributed by atoms with Gasteiger partial charge in [0.25, 0.3) is 5.56 Å². The predicted octanol–water partition coefficient (Wildman–Crippen LogP) is 5.47. The smallest absolute Gasteiger partial charge is 0.253 e. The molecule has 0 unspecified atom stereocenters. The van der Waals surface area contributed by atoms with Gasteiger partial charge in [-0.25, -0.2) is 0 Å². The van der Waals surface area contributed by atoms with Crippen molar-refractivity contribution in [1.29, 1.82) is 0 Å². The van der Waals surface area contributed by atoms with Gasteiger partial charge < -0.3 is 14.9 Å². The molecule has 3 heterocycles. The van der Waals surface area contributed by atoms with Crippen LogP contribution in [0.2, 0.25) is 0 Å². The number of rotatable bonds is 6. The highest BCUT2D eigenvalue weighted by molar-refractivity contribution is 5.92. The minimum atomic E-state index is 0.153. The van der Waals surface area contributed by atoms with Crippen LogP contribution in [-0.4, -0.2) is 22.6 Å². The second kappa shape index (κ2) is 8.31. The van der Waals surface area contributed by atoms with Crippen LogP contribution in [0.1, 0.15) is 74.5 Å². The number of aromatic nitrogens is 2. The topological polar surface area (TPSA) is 49.8 Å². The van der Waals surface area contributed by atoms with Crippen molar-refractivity contribution in [3.8, 4) is 11.3 Å². The van der Waals surface area contributed by atoms with E-state index in [1.54, 1.807) is 4.57 Å². The number of H-pyrrole nitrogens is 1. The third-order valence-electron chi connectivity index (χ3n) is 7.32. The molecule has 5 rings (SSSR count). The van der Waals surface area contributed by atoms with Gasteiger partial charge in [0.15, 0.2) is 0 Å². The number of fused-ring (bicyclic) bond motifs is 1. The van der Waals surface area contributed by atoms with E-state index in [-0.39, 0.29) is 5.56 Å². The summed E-state index contributed by atoms with van der Waals surface area (Å²) in [6.07, 6.45) is 9.13. The van der Waals surface area contributed by atoms with Crippen LogP contribution in [0.15, 0.2) is 35.3 Å². The molecule has 4 heteroatoms. The first kappa shape index (κ1) is 20.6. The third kappa shape index (κ3) is 4.10. The third-order valence-corrected chi connectivity index (χ3v) is 7.32. The number of hydrogen-bond donors (Lipinski definition) is 2. The van der Waals surface area contributed by atoms with Gasteiger partial charge in [-0.15, -0.1) is 0 Å². The van der Waals surface area contributed by atoms with Crippen LogP contribution in [0, 0.1) is 5.92 Å². The van der Waals surface area contributed by atoms with Gasteiger partial charge in [0.05, 0.1) is 5.69 Å². The van der Waals surface area contributed by atoms with Gasteiger partial charge in [0, 0.05) is 35.3 Å². The molecular formula is C27H35N3O. The molecule has 2 aliphatic rings. The molecule has 31 heavy (non-hydrogen) atoms. The summed E-state index contributed by atoms with van der Waals surface area (Å²) >= 11 is 0. The van der Waals surface area contributed by atoms with Crippen LogP contribution in [0.3, 0.4) is 0 Å². The Morgan fingerprint density at radius 3 is 2.58 bits per heavy atom. The predicted molar refractivity (Wildman–Crippen MR) is 129 cm³/mol. The zero-order valence-corrected chi connectivity index (χ0v) is 19.1. The lowest BCUT2D eigenvalue weighted by atomic mass is 9.88. The molecule has 1 aromatic carbocycles. The van der Waals surface area contributed by atoms with Crippen molar-refractivity contribution in [3.05, 3.63) is 57.5 Å². The number of aromatic amines is 1. The van der Waals surface area contributed by atoms with E-state index < -0.39 is 0 Å². The van der Waals surface area contributed by atoms with E-state index in [0.717, 1.165) is 43.0 Å². The van der Waals surface area contributed by atoms with Crippen molar-refractivity contribution in [1.82, 2.24) is 14.9 Å². The quantitative estimate of drug-likeness (QED) is 0.559. The number of pyridine rings is 1. The molecule has 1 saturated carbocycles. The zero-order chi connectivity index (χ0) is 21.5. The zero-order valence-electron chi connectivity index (χ0n) is 19.1. The highest BCUT2D eigenvalue weighted by atomic mass is 16.1. The SMILES string of the molecule is CC(C)c1c(-c2cc(CCC3CC3)c(=O)n(C)c2)[nH]c2ccc(C3CCNCC3)cc12. The fourth-order valence-electron chi connectivity index (χ4n) is 5.33. The average molecular weight is 418 g/mol. The van der Waals surface area contributed by atoms with E-state index in [9.17, 15) is 4.79 Å². The van der Waals surface area contributed by atoms with Crippen molar-refractivity contribution >= 4 is 10.9 Å². The first-order chi connectivity index (χ1) is 15.0. The number of benzene rings is 1. The fraction of sp³-hybridized carbons (Fsp3) is 0.519. The summed E-state index contributed by atoms with van der Waals surface area (Å²) in [6.45, 7) is 6.78. The van der Waals surface area contributed by atoms with Crippen LogP contribution in [0.25, 0.3) is 22.2 Å². The Bertz CT molecular complexity index is 1140. The van der Waals surface area contributed by atoms with Crippen molar-refractivity contribution in [2.75, 3.05) is 13.1 Å². The van der Waals surface area contributed by atoms with Crippen LogP contribution in [0.5, 0.6) is 0 Å². The Balaban J connectivity index is 1.59. The van der Waals surface area contributed by atoms with Gasteiger partial charge >= 0.3 is 0 Å². The van der Waals surface area contributed by atoms with Gasteiger partial charge in [-0.05, 0) is 85.9 Å². The molecular weight excluding hydrogens is 382 g/mol. The summed E-state index contributed by atoms with van der Waals surface area (Å²) in [6, 6.07) is 9.15. The Morgan fingerprint density at radius 1 is 1.10 bits per heavy atom. The average Bonchev–Trinajstić information content (AvgIpc) is 3.52. The summed E-state index contributed by atoms with van der Waals surface area (Å²) < 4.78 is 1.77. The van der Waals surface area contributed by atoms with E-state index in [1.165, 1.54) is 53.4 Å². The maximum absolute atomic E-state index is 12.7. The molecule has 2 aromatic heterocycles. The van der Waals surface area contributed by atoms with Crippen LogP contribution in [0.4, 0.5) is 0 Å². The highest BCUT2D eigenvalue weighted by Crippen LogP contribution is 2.38. The molecule has 0 radical (unpaired) electrons. The van der Waals surface area contributed by atoms with Gasteiger partial charge in [-0.3, -0.25) is 4.79 Å². The lowest BCUT2D eigenvalue weighted by Gasteiger charge is -2.23. The highest BCUT2D eigenvalue weighted by Gasteiger charge is 2.23. The number of hydrogen-bond acceptors (Lipinski definition) is 2. The second-order valence-electron chi connectivity index (χ2n) is 10.0. The molecule has 3 aromatic rings. The number of nitrogens with one attached hydrogen (secondary N) is 2. The minimum Gasteiger partial charge on any atom is -0.354 e. The maximum atomic E-state index is 12.7. The van der Waals surface area contributed by atoms with Crippen LogP contribution in [-0.2, 0) is 13.5 Å². The molecule has 2 N–H and O–H groups in total. The standard InChI is InChI=1S/C27H35N3O/c1-17(2)25-23-15-20(19-10-12-28-13-11-19)8-9-24(23)29-26(25)22-14-21(7-6-18-4-5-18)27(31)30(3)16-22/h8-9,14-19,28-29H,4-7,10-13H2,1-3H3. The van der Waals surface area contributed by atoms with Crippen molar-refractivity contribution in [2.24, 2.45) is 13.0 Å². The van der Waals surface area contributed by atoms with Gasteiger partial charge in [-0.2, -0.15) is 0 Å². The van der Waals surface area contributed by atoms with Crippen molar-refractivity contribution in [2.45, 2.75) is 64.2 Å². The van der Waals surface area contributed by atoms with E-state index in [4.69, 9.17) is 0 Å². The number of piperidine rings is 1. The fourth-order valence-corrected chi connectivity index (χ4v) is 5.33. The second-order valence-corrected chi connectivity index (χ2v) is 10.0. The molecule has 164 valence electrons. The maximum Gasteiger partial charge on any atom is 0.253 e. The van der Waals surface area contributed by atoms with E-state index >= 15 is 0 Å². The molecule has 1 aliphatic carbocycles. The van der Waals surface area contributed by atoms with Crippen molar-refractivity contribution < 1.29 is 0 Å². The van der Waals surface area contributed by atoms with E-state index in [1.807, 2.05) is 13.2 Å². The molecule has 2 fully saturated rings. The Kier molecular flexibility index (Phi) is 5.51. The first-order valence-corrected chi connectivity index (χ1v) is 12.1. The summed E-state index contributed by atoms with van der Waals surface area (Å²) in [4.78, 5) is 16.5. The molecule has 0 amide bonds. The summed E-state index contributed by atoms with van der Waals surface area (Å²) in [5.41, 5.74) is 7.46. The van der Waals surface area contributed by atoms with Gasteiger partial charge in [0.1, 0.15) is 0 Å². The molecule has 4 nitrogen and oxygen atoms in total. The minimum absolute atomic E-state index is 0.153. The summed E-state index contributed by atoms with van der Waals surface area (Å²) in [7, 11) is 1.89. The van der Waals surface area contributed by atoms with Gasteiger partial charge in [0.2, 0.25) is 0 Å². The Labute approximate surface area is 185 Å². The lowest BCUT2D eigenvalue weighted by molar-refractivity contribution is 0.460. The number of nitrogens with zero attached hydrogens (tertiary/aromatic N) is 1. The number of aryl methyl sites for hydroxylation is 2. The Hall–Kier alpha value is -2.33. The largest absolute Gasteiger partial charge is 0.354 e. The molecule has 0 bridgehead atoms. The Morgan fingerprint density at radius 2 is 1.87 bits per heavy atom. The van der Waals surface area contributed by atoms with Gasteiger partial charge in [-0.1, -0.05) is 32.8 Å². The molecule has 0 atom stereocenters. The van der Waals surface area contributed by atoms with Crippen LogP contribution < -0.4 is 10.9 Å². The lowest BCUT2D eigenvalue weighted by Crippen LogP contribution is -2.26. The molecule has 1 saturated heterocycles. The van der Waals surface area contributed by atoms with Crippen LogP contribution >= 0.6 is 0 Å². The summed E-state index contributed by atoms with van der Waals surface area (Å²) in [5, 5.41) is 4.82. The van der Waals surface area contributed by atoms with E-state index in [0.29, 0.717) is 11.8 Å². The van der Waals surface area contributed by atoms with Crippen molar-refractivity contribution in [3.63, 3.8) is 0 Å². The molecule has 0 spiro atoms. The van der Waals surface area contributed by atoms with E-state index in [2.05, 4.69) is 48.4 Å². The summed E-state index contributed by atoms with van der Waals surface area (Å²) in [5.74, 6) is 1.89. The monoisotopic (exact) mass is 417 g/mol. The first-order valence-electron chi connectivity index (χ1n) is 12.1. The molecule has 1 aliphatic heterocycles. The normalized spacial score (nSPS) is 17.7.